The van der Waals surface area contributed by atoms with Gasteiger partial charge in [-0.05, 0) is 103 Å². The van der Waals surface area contributed by atoms with Gasteiger partial charge in [-0.2, -0.15) is 0 Å². The van der Waals surface area contributed by atoms with E-state index in [2.05, 4.69) is 141 Å². The van der Waals surface area contributed by atoms with Gasteiger partial charge in [-0.25, -0.2) is 0 Å². The van der Waals surface area contributed by atoms with Gasteiger partial charge < -0.3 is 0 Å². The summed E-state index contributed by atoms with van der Waals surface area (Å²) in [6.45, 7) is 4.45. The molecule has 1 nitrogen and oxygen atoms in total. The number of para-hydroxylation sites is 1. The standard InChI is InChI=1S/C41H29N/c1-26-22-36-37(23-27(26)2)40(38-25-31-15-7-6-14-30(31)24-35(38)28-12-4-3-5-13-28)33-19-9-8-18-32(33)39(36)34-20-10-16-29-17-11-21-42-41(29)34/h3-25H,1-2H3. The second-order valence-corrected chi connectivity index (χ2v) is 11.3. The Morgan fingerprint density at radius 2 is 0.952 bits per heavy atom. The number of rotatable bonds is 3. The Morgan fingerprint density at radius 1 is 0.405 bits per heavy atom. The average molecular weight is 536 g/mol. The van der Waals surface area contributed by atoms with Crippen molar-refractivity contribution in [3.8, 4) is 33.4 Å². The van der Waals surface area contributed by atoms with Crippen LogP contribution in [-0.4, -0.2) is 4.98 Å². The Morgan fingerprint density at radius 3 is 1.64 bits per heavy atom. The second-order valence-electron chi connectivity index (χ2n) is 11.3. The summed E-state index contributed by atoms with van der Waals surface area (Å²) in [5, 5.41) is 8.68. The number of hydrogen-bond acceptors (Lipinski definition) is 1. The van der Waals surface area contributed by atoms with Crippen molar-refractivity contribution in [2.24, 2.45) is 0 Å². The first-order valence-corrected chi connectivity index (χ1v) is 14.6. The molecular weight excluding hydrogens is 506 g/mol. The van der Waals surface area contributed by atoms with E-state index in [1.165, 1.54) is 76.8 Å². The Balaban J connectivity index is 1.59. The molecule has 8 aromatic rings. The van der Waals surface area contributed by atoms with Crippen molar-refractivity contribution in [3.05, 3.63) is 151 Å². The molecule has 1 heteroatoms. The topological polar surface area (TPSA) is 12.9 Å². The predicted molar refractivity (Wildman–Crippen MR) is 180 cm³/mol. The third kappa shape index (κ3) is 3.82. The van der Waals surface area contributed by atoms with E-state index in [0.29, 0.717) is 0 Å². The normalized spacial score (nSPS) is 11.6. The van der Waals surface area contributed by atoms with Crippen LogP contribution in [0.4, 0.5) is 0 Å². The molecule has 7 aromatic carbocycles. The highest BCUT2D eigenvalue weighted by molar-refractivity contribution is 6.24. The van der Waals surface area contributed by atoms with Gasteiger partial charge in [-0.1, -0.05) is 115 Å². The molecule has 0 fully saturated rings. The van der Waals surface area contributed by atoms with Crippen LogP contribution >= 0.6 is 0 Å². The molecule has 0 N–H and O–H groups in total. The van der Waals surface area contributed by atoms with E-state index in [4.69, 9.17) is 4.98 Å². The zero-order chi connectivity index (χ0) is 28.2. The van der Waals surface area contributed by atoms with Crippen LogP contribution in [0.3, 0.4) is 0 Å². The zero-order valence-electron chi connectivity index (χ0n) is 23.7. The minimum Gasteiger partial charge on any atom is -0.256 e. The van der Waals surface area contributed by atoms with E-state index in [1.807, 2.05) is 12.3 Å². The van der Waals surface area contributed by atoms with Gasteiger partial charge >= 0.3 is 0 Å². The molecule has 1 heterocycles. The highest BCUT2D eigenvalue weighted by Crippen LogP contribution is 2.48. The van der Waals surface area contributed by atoms with Crippen LogP contribution in [0.5, 0.6) is 0 Å². The SMILES string of the molecule is Cc1cc2c(-c3cc4ccccc4cc3-c3ccccc3)c3ccccc3c(-c3cccc4cccnc34)c2cc1C. The summed E-state index contributed by atoms with van der Waals surface area (Å²) >= 11 is 0. The molecule has 0 bridgehead atoms. The Kier molecular flexibility index (Phi) is 5.65. The summed E-state index contributed by atoms with van der Waals surface area (Å²) in [6.07, 6.45) is 1.90. The molecule has 0 saturated carbocycles. The molecule has 0 saturated heterocycles. The van der Waals surface area contributed by atoms with Crippen LogP contribution in [0.15, 0.2) is 140 Å². The molecule has 8 rings (SSSR count). The summed E-state index contributed by atoms with van der Waals surface area (Å²) in [6, 6.07) is 48.7. The molecule has 42 heavy (non-hydrogen) atoms. The predicted octanol–water partition coefficient (Wildman–Crippen LogP) is 11.3. The molecule has 1 aromatic heterocycles. The lowest BCUT2D eigenvalue weighted by Gasteiger charge is -2.22. The van der Waals surface area contributed by atoms with Crippen LogP contribution in [0.25, 0.3) is 76.6 Å². The minimum atomic E-state index is 1.04. The van der Waals surface area contributed by atoms with E-state index >= 15 is 0 Å². The van der Waals surface area contributed by atoms with Crippen molar-refractivity contribution in [2.75, 3.05) is 0 Å². The summed E-state index contributed by atoms with van der Waals surface area (Å²) in [7, 11) is 0. The number of nitrogens with zero attached hydrogens (tertiary/aromatic N) is 1. The molecule has 0 aliphatic rings. The Hall–Kier alpha value is -5.27. The molecular formula is C41H29N. The van der Waals surface area contributed by atoms with Gasteiger partial charge in [-0.3, -0.25) is 4.98 Å². The zero-order valence-corrected chi connectivity index (χ0v) is 23.7. The molecule has 0 spiro atoms. The summed E-state index contributed by atoms with van der Waals surface area (Å²) < 4.78 is 0. The maximum atomic E-state index is 4.88. The first kappa shape index (κ1) is 24.5. The summed E-state index contributed by atoms with van der Waals surface area (Å²) in [4.78, 5) is 4.88. The van der Waals surface area contributed by atoms with Crippen molar-refractivity contribution in [1.82, 2.24) is 4.98 Å². The lowest BCUT2D eigenvalue weighted by atomic mass is 9.81. The Labute approximate surface area is 245 Å². The smallest absolute Gasteiger partial charge is 0.0780 e. The fraction of sp³-hybridized carbons (Fsp3) is 0.0488. The van der Waals surface area contributed by atoms with Gasteiger partial charge in [0.2, 0.25) is 0 Å². The number of aryl methyl sites for hydroxylation is 2. The molecule has 198 valence electrons. The minimum absolute atomic E-state index is 1.04. The number of hydrogen-bond donors (Lipinski definition) is 0. The number of aromatic nitrogens is 1. The fourth-order valence-electron chi connectivity index (χ4n) is 6.63. The van der Waals surface area contributed by atoms with Crippen molar-refractivity contribution in [2.45, 2.75) is 13.8 Å². The number of pyridine rings is 1. The maximum absolute atomic E-state index is 4.88. The maximum Gasteiger partial charge on any atom is 0.0780 e. The van der Waals surface area contributed by atoms with Gasteiger partial charge in [0.1, 0.15) is 0 Å². The molecule has 0 atom stereocenters. The van der Waals surface area contributed by atoms with Gasteiger partial charge in [0.05, 0.1) is 5.52 Å². The molecule has 0 radical (unpaired) electrons. The van der Waals surface area contributed by atoms with Gasteiger partial charge in [-0.15, -0.1) is 0 Å². The van der Waals surface area contributed by atoms with Crippen molar-refractivity contribution in [3.63, 3.8) is 0 Å². The van der Waals surface area contributed by atoms with Crippen LogP contribution in [0.1, 0.15) is 11.1 Å². The van der Waals surface area contributed by atoms with E-state index in [9.17, 15) is 0 Å². The average Bonchev–Trinajstić information content (AvgIpc) is 3.04. The highest BCUT2D eigenvalue weighted by Gasteiger charge is 2.21. The molecule has 0 amide bonds. The van der Waals surface area contributed by atoms with Gasteiger partial charge in [0, 0.05) is 17.1 Å². The largest absolute Gasteiger partial charge is 0.256 e. The van der Waals surface area contributed by atoms with Gasteiger partial charge in [0.25, 0.3) is 0 Å². The van der Waals surface area contributed by atoms with Crippen LogP contribution < -0.4 is 0 Å². The van der Waals surface area contributed by atoms with E-state index in [-0.39, 0.29) is 0 Å². The molecule has 0 aliphatic carbocycles. The third-order valence-corrected chi connectivity index (χ3v) is 8.78. The first-order valence-electron chi connectivity index (χ1n) is 14.6. The molecule has 0 unspecified atom stereocenters. The number of benzene rings is 7. The van der Waals surface area contributed by atoms with Crippen LogP contribution in [0, 0.1) is 13.8 Å². The van der Waals surface area contributed by atoms with Crippen molar-refractivity contribution >= 4 is 43.2 Å². The molecule has 0 aliphatic heterocycles. The monoisotopic (exact) mass is 535 g/mol. The number of fused-ring (bicyclic) bond motifs is 4. The lowest BCUT2D eigenvalue weighted by Crippen LogP contribution is -1.95. The first-order chi connectivity index (χ1) is 20.7. The quantitative estimate of drug-likeness (QED) is 0.205. The summed E-state index contributed by atoms with van der Waals surface area (Å²) in [5.74, 6) is 0. The van der Waals surface area contributed by atoms with Crippen LogP contribution in [-0.2, 0) is 0 Å². The van der Waals surface area contributed by atoms with E-state index in [0.717, 1.165) is 10.9 Å². The van der Waals surface area contributed by atoms with Crippen molar-refractivity contribution in [1.29, 1.82) is 0 Å². The van der Waals surface area contributed by atoms with E-state index < -0.39 is 0 Å². The second kappa shape index (κ2) is 9.68. The third-order valence-electron chi connectivity index (χ3n) is 8.78. The van der Waals surface area contributed by atoms with Crippen LogP contribution in [0.2, 0.25) is 0 Å². The highest BCUT2D eigenvalue weighted by atomic mass is 14.6. The lowest BCUT2D eigenvalue weighted by molar-refractivity contribution is 1.37. The fourth-order valence-corrected chi connectivity index (χ4v) is 6.63. The van der Waals surface area contributed by atoms with Gasteiger partial charge in [0.15, 0.2) is 0 Å². The Bertz CT molecular complexity index is 2310. The van der Waals surface area contributed by atoms with E-state index in [1.54, 1.807) is 0 Å². The van der Waals surface area contributed by atoms with Crippen molar-refractivity contribution < 1.29 is 0 Å². The summed E-state index contributed by atoms with van der Waals surface area (Å²) in [5.41, 5.74) is 11.1.